The Morgan fingerprint density at radius 2 is 2.00 bits per heavy atom. The van der Waals surface area contributed by atoms with Gasteiger partial charge in [-0.2, -0.15) is 0 Å². The molecule has 0 aliphatic heterocycles. The molecule has 0 unspecified atom stereocenters. The molecule has 3 nitrogen and oxygen atoms in total. The third kappa shape index (κ3) is 2.81. The molecule has 1 fully saturated rings. The normalized spacial score (nSPS) is 30.8. The summed E-state index contributed by atoms with van der Waals surface area (Å²) in [6.07, 6.45) is 4.77. The summed E-state index contributed by atoms with van der Waals surface area (Å²) >= 11 is 0. The van der Waals surface area contributed by atoms with Crippen LogP contribution in [-0.4, -0.2) is 23.2 Å². The first-order valence-corrected chi connectivity index (χ1v) is 4.65. The summed E-state index contributed by atoms with van der Waals surface area (Å²) in [6.45, 7) is 1.50. The standard InChI is InChI=1S/C9H17NO2/c1-7(11)10-8-5-3-2-4-6-9(8)12/h8-9,12H,2-6H2,1H3,(H,10,11)/t8-,9-/m1/s1. The highest BCUT2D eigenvalue weighted by Gasteiger charge is 2.21. The first kappa shape index (κ1) is 9.52. The molecule has 1 aliphatic rings. The number of nitrogens with one attached hydrogen (secondary N) is 1. The third-order valence-electron chi connectivity index (χ3n) is 2.37. The molecule has 1 amide bonds. The zero-order valence-corrected chi connectivity index (χ0v) is 7.55. The number of aliphatic hydroxyl groups excluding tert-OH is 1. The quantitative estimate of drug-likeness (QED) is 0.574. The molecule has 0 saturated heterocycles. The second kappa shape index (κ2) is 4.45. The van der Waals surface area contributed by atoms with Crippen molar-refractivity contribution in [3.05, 3.63) is 0 Å². The minimum atomic E-state index is -0.337. The fraction of sp³-hybridized carbons (Fsp3) is 0.889. The Hall–Kier alpha value is -0.570. The van der Waals surface area contributed by atoms with Gasteiger partial charge in [-0.25, -0.2) is 0 Å². The van der Waals surface area contributed by atoms with Gasteiger partial charge in [0, 0.05) is 6.92 Å². The van der Waals surface area contributed by atoms with E-state index in [9.17, 15) is 9.90 Å². The molecule has 0 spiro atoms. The van der Waals surface area contributed by atoms with Gasteiger partial charge in [-0.05, 0) is 12.8 Å². The van der Waals surface area contributed by atoms with E-state index < -0.39 is 0 Å². The predicted octanol–water partition coefficient (Wildman–Crippen LogP) is 0.816. The third-order valence-corrected chi connectivity index (χ3v) is 2.37. The maximum Gasteiger partial charge on any atom is 0.217 e. The van der Waals surface area contributed by atoms with Crippen LogP contribution in [0.4, 0.5) is 0 Å². The predicted molar refractivity (Wildman–Crippen MR) is 46.7 cm³/mol. The van der Waals surface area contributed by atoms with Crippen molar-refractivity contribution in [3.8, 4) is 0 Å². The summed E-state index contributed by atoms with van der Waals surface area (Å²) in [5, 5.41) is 12.4. The summed E-state index contributed by atoms with van der Waals surface area (Å²) in [5.74, 6) is -0.0408. The SMILES string of the molecule is CC(=O)N[C@@H]1CCCCC[C@H]1O. The van der Waals surface area contributed by atoms with Gasteiger partial charge in [0.15, 0.2) is 0 Å². The molecule has 70 valence electrons. The Kier molecular flexibility index (Phi) is 3.53. The van der Waals surface area contributed by atoms with Crippen molar-refractivity contribution in [1.29, 1.82) is 0 Å². The summed E-state index contributed by atoms with van der Waals surface area (Å²) in [4.78, 5) is 10.7. The zero-order chi connectivity index (χ0) is 8.97. The Balaban J connectivity index is 2.41. The second-order valence-corrected chi connectivity index (χ2v) is 3.51. The summed E-state index contributed by atoms with van der Waals surface area (Å²) in [6, 6.07) is -0.00926. The van der Waals surface area contributed by atoms with Crippen LogP contribution >= 0.6 is 0 Å². The molecule has 2 atom stereocenters. The number of hydrogen-bond acceptors (Lipinski definition) is 2. The van der Waals surface area contributed by atoms with E-state index in [2.05, 4.69) is 5.32 Å². The van der Waals surface area contributed by atoms with E-state index in [0.29, 0.717) is 0 Å². The monoisotopic (exact) mass is 171 g/mol. The van der Waals surface area contributed by atoms with E-state index in [4.69, 9.17) is 0 Å². The molecule has 0 aromatic carbocycles. The van der Waals surface area contributed by atoms with E-state index in [1.165, 1.54) is 13.3 Å². The highest BCUT2D eigenvalue weighted by molar-refractivity contribution is 5.73. The van der Waals surface area contributed by atoms with Crippen molar-refractivity contribution in [2.45, 2.75) is 51.2 Å². The average molecular weight is 171 g/mol. The molecule has 1 saturated carbocycles. The molecule has 0 aromatic heterocycles. The van der Waals surface area contributed by atoms with Crippen LogP contribution in [0.2, 0.25) is 0 Å². The molecule has 3 heteroatoms. The van der Waals surface area contributed by atoms with Crippen molar-refractivity contribution in [3.63, 3.8) is 0 Å². The molecule has 0 bridgehead atoms. The highest BCUT2D eigenvalue weighted by Crippen LogP contribution is 2.17. The maximum atomic E-state index is 10.7. The Morgan fingerprint density at radius 1 is 1.33 bits per heavy atom. The van der Waals surface area contributed by atoms with Gasteiger partial charge in [-0.1, -0.05) is 19.3 Å². The minimum absolute atomic E-state index is 0.00926. The van der Waals surface area contributed by atoms with E-state index >= 15 is 0 Å². The lowest BCUT2D eigenvalue weighted by molar-refractivity contribution is -0.120. The van der Waals surface area contributed by atoms with Crippen LogP contribution in [0, 0.1) is 0 Å². The van der Waals surface area contributed by atoms with Crippen LogP contribution in [0.15, 0.2) is 0 Å². The van der Waals surface area contributed by atoms with Crippen molar-refractivity contribution < 1.29 is 9.90 Å². The number of rotatable bonds is 1. The Labute approximate surface area is 73.2 Å². The number of aliphatic hydroxyl groups is 1. The van der Waals surface area contributed by atoms with Gasteiger partial charge in [-0.3, -0.25) is 4.79 Å². The largest absolute Gasteiger partial charge is 0.391 e. The lowest BCUT2D eigenvalue weighted by Crippen LogP contribution is -2.41. The van der Waals surface area contributed by atoms with Crippen LogP contribution < -0.4 is 5.32 Å². The molecular weight excluding hydrogens is 154 g/mol. The maximum absolute atomic E-state index is 10.7. The van der Waals surface area contributed by atoms with Gasteiger partial charge in [0.2, 0.25) is 5.91 Å². The van der Waals surface area contributed by atoms with Gasteiger partial charge in [0.25, 0.3) is 0 Å². The lowest BCUT2D eigenvalue weighted by atomic mass is 10.1. The van der Waals surface area contributed by atoms with Gasteiger partial charge in [-0.15, -0.1) is 0 Å². The Bertz CT molecular complexity index is 159. The number of carbonyl (C=O) groups excluding carboxylic acids is 1. The van der Waals surface area contributed by atoms with Crippen LogP contribution in [0.25, 0.3) is 0 Å². The van der Waals surface area contributed by atoms with Gasteiger partial charge < -0.3 is 10.4 Å². The fourth-order valence-electron chi connectivity index (χ4n) is 1.72. The van der Waals surface area contributed by atoms with Gasteiger partial charge >= 0.3 is 0 Å². The van der Waals surface area contributed by atoms with Gasteiger partial charge in [0.05, 0.1) is 12.1 Å². The van der Waals surface area contributed by atoms with Crippen molar-refractivity contribution in [1.82, 2.24) is 5.32 Å². The van der Waals surface area contributed by atoms with E-state index in [1.807, 2.05) is 0 Å². The van der Waals surface area contributed by atoms with Crippen LogP contribution in [-0.2, 0) is 4.79 Å². The van der Waals surface area contributed by atoms with Crippen LogP contribution in [0.3, 0.4) is 0 Å². The van der Waals surface area contributed by atoms with Crippen molar-refractivity contribution in [2.24, 2.45) is 0 Å². The minimum Gasteiger partial charge on any atom is -0.391 e. The van der Waals surface area contributed by atoms with Crippen molar-refractivity contribution >= 4 is 5.91 Å². The molecule has 0 aromatic rings. The molecule has 2 N–H and O–H groups in total. The first-order valence-electron chi connectivity index (χ1n) is 4.65. The lowest BCUT2D eigenvalue weighted by Gasteiger charge is -2.20. The Morgan fingerprint density at radius 3 is 2.67 bits per heavy atom. The second-order valence-electron chi connectivity index (χ2n) is 3.51. The van der Waals surface area contributed by atoms with E-state index in [0.717, 1.165) is 25.7 Å². The highest BCUT2D eigenvalue weighted by atomic mass is 16.3. The average Bonchev–Trinajstić information content (AvgIpc) is 2.16. The fourth-order valence-corrected chi connectivity index (χ4v) is 1.72. The van der Waals surface area contributed by atoms with E-state index in [-0.39, 0.29) is 18.1 Å². The van der Waals surface area contributed by atoms with Crippen molar-refractivity contribution in [2.75, 3.05) is 0 Å². The molecule has 0 radical (unpaired) electrons. The summed E-state index contributed by atoms with van der Waals surface area (Å²) in [5.41, 5.74) is 0. The van der Waals surface area contributed by atoms with Crippen LogP contribution in [0.1, 0.15) is 39.0 Å². The smallest absolute Gasteiger partial charge is 0.217 e. The van der Waals surface area contributed by atoms with Gasteiger partial charge in [0.1, 0.15) is 0 Å². The molecule has 0 heterocycles. The molecule has 12 heavy (non-hydrogen) atoms. The number of amides is 1. The summed E-state index contributed by atoms with van der Waals surface area (Å²) in [7, 11) is 0. The topological polar surface area (TPSA) is 49.3 Å². The number of hydrogen-bond donors (Lipinski definition) is 2. The van der Waals surface area contributed by atoms with E-state index in [1.54, 1.807) is 0 Å². The zero-order valence-electron chi connectivity index (χ0n) is 7.55. The number of carbonyl (C=O) groups is 1. The molecular formula is C9H17NO2. The van der Waals surface area contributed by atoms with Crippen LogP contribution in [0.5, 0.6) is 0 Å². The first-order chi connectivity index (χ1) is 5.70. The molecule has 1 aliphatic carbocycles. The summed E-state index contributed by atoms with van der Waals surface area (Å²) < 4.78 is 0. The molecule has 1 rings (SSSR count).